The lowest BCUT2D eigenvalue weighted by Crippen LogP contribution is -2.14. The average molecular weight is 162 g/mol. The smallest absolute Gasteiger partial charge is 0.0503 e. The van der Waals surface area contributed by atoms with Gasteiger partial charge in [0, 0.05) is 5.92 Å². The summed E-state index contributed by atoms with van der Waals surface area (Å²) in [6.07, 6.45) is 6.00. The Labute approximate surface area is 67.7 Å². The number of aliphatic hydroxyl groups is 3. The van der Waals surface area contributed by atoms with E-state index in [9.17, 15) is 0 Å². The highest BCUT2D eigenvalue weighted by Gasteiger charge is 2.00. The van der Waals surface area contributed by atoms with E-state index in [4.69, 9.17) is 15.3 Å². The van der Waals surface area contributed by atoms with Gasteiger partial charge in [0.05, 0.1) is 19.8 Å². The third kappa shape index (κ3) is 6.28. The summed E-state index contributed by atoms with van der Waals surface area (Å²) in [5, 5.41) is 24.6. The van der Waals surface area contributed by atoms with Crippen LogP contribution in [0.3, 0.4) is 0 Å². The van der Waals surface area contributed by atoms with E-state index < -0.39 is 0 Å². The van der Waals surface area contributed by atoms with Gasteiger partial charge in [-0.25, -0.2) is 0 Å². The molecule has 0 bridgehead atoms. The SMILES string of the molecule is C1CCC1.OCC(CO)CO. The van der Waals surface area contributed by atoms with Crippen LogP contribution in [0, 0.1) is 5.92 Å². The molecule has 0 radical (unpaired) electrons. The normalized spacial score (nSPS) is 15.3. The van der Waals surface area contributed by atoms with Gasteiger partial charge in [-0.05, 0) is 0 Å². The van der Waals surface area contributed by atoms with E-state index in [0.29, 0.717) is 0 Å². The van der Waals surface area contributed by atoms with E-state index in [2.05, 4.69) is 0 Å². The van der Waals surface area contributed by atoms with Gasteiger partial charge >= 0.3 is 0 Å². The Hall–Kier alpha value is -0.120. The predicted molar refractivity (Wildman–Crippen MR) is 43.2 cm³/mol. The van der Waals surface area contributed by atoms with E-state index in [1.165, 1.54) is 25.7 Å². The third-order valence-electron chi connectivity index (χ3n) is 1.77. The summed E-state index contributed by atoms with van der Waals surface area (Å²) in [5.74, 6) is -0.347. The molecule has 0 aliphatic heterocycles. The fraction of sp³-hybridized carbons (Fsp3) is 1.00. The van der Waals surface area contributed by atoms with Gasteiger partial charge in [-0.1, -0.05) is 25.7 Å². The lowest BCUT2D eigenvalue weighted by Gasteiger charge is -2.05. The topological polar surface area (TPSA) is 60.7 Å². The van der Waals surface area contributed by atoms with Crippen LogP contribution < -0.4 is 0 Å². The highest BCUT2D eigenvalue weighted by molar-refractivity contribution is 4.51. The summed E-state index contributed by atoms with van der Waals surface area (Å²) in [5.41, 5.74) is 0. The molecule has 1 aliphatic carbocycles. The molecule has 0 spiro atoms. The Morgan fingerprint density at radius 3 is 1.00 bits per heavy atom. The first-order valence-corrected chi connectivity index (χ1v) is 4.17. The zero-order chi connectivity index (χ0) is 8.53. The molecule has 0 amide bonds. The van der Waals surface area contributed by atoms with Crippen LogP contribution in [0.15, 0.2) is 0 Å². The fourth-order valence-electron chi connectivity index (χ4n) is 0.423. The Morgan fingerprint density at radius 1 is 0.727 bits per heavy atom. The molecule has 0 aromatic heterocycles. The minimum absolute atomic E-state index is 0.146. The van der Waals surface area contributed by atoms with E-state index in [0.717, 1.165) is 0 Å². The predicted octanol–water partition coefficient (Wildman–Crippen LogP) is 0.140. The average Bonchev–Trinajstić information content (AvgIpc) is 1.88. The Morgan fingerprint density at radius 2 is 1.00 bits per heavy atom. The molecule has 0 unspecified atom stereocenters. The van der Waals surface area contributed by atoms with Crippen molar-refractivity contribution < 1.29 is 15.3 Å². The van der Waals surface area contributed by atoms with Crippen LogP contribution in [-0.4, -0.2) is 35.1 Å². The highest BCUT2D eigenvalue weighted by Crippen LogP contribution is 2.15. The number of hydrogen-bond acceptors (Lipinski definition) is 3. The summed E-state index contributed by atoms with van der Waals surface area (Å²) >= 11 is 0. The van der Waals surface area contributed by atoms with Crippen molar-refractivity contribution in [2.45, 2.75) is 25.7 Å². The van der Waals surface area contributed by atoms with Crippen molar-refractivity contribution in [2.75, 3.05) is 19.8 Å². The van der Waals surface area contributed by atoms with Crippen molar-refractivity contribution >= 4 is 0 Å². The molecule has 3 heteroatoms. The van der Waals surface area contributed by atoms with Crippen LogP contribution in [0.25, 0.3) is 0 Å². The molecule has 3 nitrogen and oxygen atoms in total. The van der Waals surface area contributed by atoms with E-state index in [1.54, 1.807) is 0 Å². The van der Waals surface area contributed by atoms with Crippen LogP contribution in [-0.2, 0) is 0 Å². The highest BCUT2D eigenvalue weighted by atomic mass is 16.3. The van der Waals surface area contributed by atoms with Gasteiger partial charge in [0.15, 0.2) is 0 Å². The quantitative estimate of drug-likeness (QED) is 0.553. The zero-order valence-corrected chi connectivity index (χ0v) is 6.87. The molecule has 0 saturated heterocycles. The maximum Gasteiger partial charge on any atom is 0.0503 e. The first kappa shape index (κ1) is 10.9. The minimum atomic E-state index is -0.347. The van der Waals surface area contributed by atoms with Gasteiger partial charge < -0.3 is 15.3 Å². The zero-order valence-electron chi connectivity index (χ0n) is 6.87. The monoisotopic (exact) mass is 162 g/mol. The summed E-state index contributed by atoms with van der Waals surface area (Å²) in [4.78, 5) is 0. The molecule has 0 aromatic rings. The van der Waals surface area contributed by atoms with E-state index in [1.807, 2.05) is 0 Å². The second-order valence-electron chi connectivity index (χ2n) is 2.83. The molecule has 3 N–H and O–H groups in total. The van der Waals surface area contributed by atoms with Crippen molar-refractivity contribution in [3.8, 4) is 0 Å². The Balaban J connectivity index is 0.000000207. The van der Waals surface area contributed by atoms with Gasteiger partial charge in [0.25, 0.3) is 0 Å². The molecule has 11 heavy (non-hydrogen) atoms. The van der Waals surface area contributed by atoms with Crippen molar-refractivity contribution in [3.63, 3.8) is 0 Å². The number of rotatable bonds is 3. The van der Waals surface area contributed by atoms with E-state index >= 15 is 0 Å². The Bertz CT molecular complexity index is 58.2. The molecule has 0 atom stereocenters. The summed E-state index contributed by atoms with van der Waals surface area (Å²) < 4.78 is 0. The van der Waals surface area contributed by atoms with E-state index in [-0.39, 0.29) is 25.7 Å². The molecule has 0 aromatic carbocycles. The fourth-order valence-corrected chi connectivity index (χ4v) is 0.423. The van der Waals surface area contributed by atoms with Crippen LogP contribution in [0.5, 0.6) is 0 Å². The third-order valence-corrected chi connectivity index (χ3v) is 1.77. The summed E-state index contributed by atoms with van der Waals surface area (Å²) in [6, 6.07) is 0. The number of aliphatic hydroxyl groups excluding tert-OH is 3. The minimum Gasteiger partial charge on any atom is -0.396 e. The molecule has 1 aliphatic rings. The van der Waals surface area contributed by atoms with Gasteiger partial charge in [0.2, 0.25) is 0 Å². The summed E-state index contributed by atoms with van der Waals surface area (Å²) in [6.45, 7) is -0.437. The molecular formula is C8H18O3. The molecule has 0 heterocycles. The Kier molecular flexibility index (Phi) is 7.89. The number of hydrogen-bond donors (Lipinski definition) is 3. The first-order valence-electron chi connectivity index (χ1n) is 4.17. The molecule has 1 rings (SSSR count). The maximum atomic E-state index is 8.21. The molecule has 1 fully saturated rings. The molecule has 68 valence electrons. The van der Waals surface area contributed by atoms with Gasteiger partial charge in [-0.2, -0.15) is 0 Å². The largest absolute Gasteiger partial charge is 0.396 e. The van der Waals surface area contributed by atoms with Crippen LogP contribution in [0.1, 0.15) is 25.7 Å². The summed E-state index contributed by atoms with van der Waals surface area (Å²) in [7, 11) is 0. The van der Waals surface area contributed by atoms with Crippen LogP contribution in [0.4, 0.5) is 0 Å². The van der Waals surface area contributed by atoms with Crippen molar-refractivity contribution in [1.82, 2.24) is 0 Å². The van der Waals surface area contributed by atoms with Crippen molar-refractivity contribution in [3.05, 3.63) is 0 Å². The molecule has 1 saturated carbocycles. The standard InChI is InChI=1S/C4H10O3.C4H8/c5-1-4(2-6)3-7;1-2-4-3-1/h4-7H,1-3H2;1-4H2. The van der Waals surface area contributed by atoms with Crippen molar-refractivity contribution in [2.24, 2.45) is 5.92 Å². The lowest BCUT2D eigenvalue weighted by atomic mass is 10.0. The van der Waals surface area contributed by atoms with Gasteiger partial charge in [-0.15, -0.1) is 0 Å². The lowest BCUT2D eigenvalue weighted by molar-refractivity contribution is 0.0969. The van der Waals surface area contributed by atoms with Crippen molar-refractivity contribution in [1.29, 1.82) is 0 Å². The first-order chi connectivity index (χ1) is 5.35. The van der Waals surface area contributed by atoms with Crippen LogP contribution >= 0.6 is 0 Å². The van der Waals surface area contributed by atoms with Gasteiger partial charge in [0.1, 0.15) is 0 Å². The second-order valence-corrected chi connectivity index (χ2v) is 2.83. The maximum absolute atomic E-state index is 8.21. The van der Waals surface area contributed by atoms with Crippen LogP contribution in [0.2, 0.25) is 0 Å². The molecular weight excluding hydrogens is 144 g/mol. The second kappa shape index (κ2) is 7.98. The van der Waals surface area contributed by atoms with Gasteiger partial charge in [-0.3, -0.25) is 0 Å².